The van der Waals surface area contributed by atoms with Gasteiger partial charge in [0.25, 0.3) is 5.69 Å². The second kappa shape index (κ2) is 8.35. The number of benzene rings is 3. The van der Waals surface area contributed by atoms with E-state index in [9.17, 15) is 10.1 Å². The topological polar surface area (TPSA) is 65.3 Å². The Bertz CT molecular complexity index is 1210. The molecule has 0 atom stereocenters. The highest BCUT2D eigenvalue weighted by Crippen LogP contribution is 2.32. The molecule has 0 spiro atoms. The lowest BCUT2D eigenvalue weighted by molar-refractivity contribution is -0.384. The standard InChI is InChI=1S/C24H17ClN2O3/c1-30-22-11-7-16(8-12-22)19-14-23(17-5-9-20(25)10-6-17)26-24(15-19)18-3-2-4-21(13-18)27(28)29/h2-15H,1H3. The first-order valence-electron chi connectivity index (χ1n) is 9.21. The smallest absolute Gasteiger partial charge is 0.270 e. The Morgan fingerprint density at radius 1 is 0.800 bits per heavy atom. The Morgan fingerprint density at radius 2 is 1.43 bits per heavy atom. The predicted molar refractivity (Wildman–Crippen MR) is 119 cm³/mol. The third kappa shape index (κ3) is 4.16. The quantitative estimate of drug-likeness (QED) is 0.270. The molecule has 4 rings (SSSR count). The zero-order valence-corrected chi connectivity index (χ0v) is 16.8. The van der Waals surface area contributed by atoms with Crippen LogP contribution in [0.5, 0.6) is 5.75 Å². The molecule has 0 aliphatic carbocycles. The van der Waals surface area contributed by atoms with Crippen molar-refractivity contribution < 1.29 is 9.66 Å². The van der Waals surface area contributed by atoms with Crippen LogP contribution in [0.3, 0.4) is 0 Å². The molecule has 0 fully saturated rings. The number of non-ortho nitro benzene ring substituents is 1. The maximum absolute atomic E-state index is 11.2. The van der Waals surface area contributed by atoms with E-state index in [1.165, 1.54) is 12.1 Å². The zero-order chi connectivity index (χ0) is 21.1. The van der Waals surface area contributed by atoms with Crippen LogP contribution in [-0.4, -0.2) is 17.0 Å². The number of nitro groups is 1. The van der Waals surface area contributed by atoms with E-state index in [-0.39, 0.29) is 5.69 Å². The highest BCUT2D eigenvalue weighted by atomic mass is 35.5. The Labute approximate surface area is 178 Å². The molecule has 0 amide bonds. The molecule has 1 aromatic heterocycles. The summed E-state index contributed by atoms with van der Waals surface area (Å²) in [5.41, 5.74) is 4.94. The number of ether oxygens (including phenoxy) is 1. The fraction of sp³-hybridized carbons (Fsp3) is 0.0417. The van der Waals surface area contributed by atoms with Crippen LogP contribution in [0.2, 0.25) is 5.02 Å². The number of hydrogen-bond donors (Lipinski definition) is 0. The molecule has 5 nitrogen and oxygen atoms in total. The van der Waals surface area contributed by atoms with Crippen LogP contribution >= 0.6 is 11.6 Å². The van der Waals surface area contributed by atoms with Gasteiger partial charge in [-0.05, 0) is 47.5 Å². The van der Waals surface area contributed by atoms with Crippen LogP contribution in [0.1, 0.15) is 0 Å². The molecule has 0 N–H and O–H groups in total. The summed E-state index contributed by atoms with van der Waals surface area (Å²) in [4.78, 5) is 15.6. The fourth-order valence-corrected chi connectivity index (χ4v) is 3.30. The Hall–Kier alpha value is -3.70. The summed E-state index contributed by atoms with van der Waals surface area (Å²) >= 11 is 6.03. The van der Waals surface area contributed by atoms with Gasteiger partial charge in [-0.15, -0.1) is 0 Å². The first kappa shape index (κ1) is 19.6. The molecule has 4 aromatic rings. The molecule has 0 aliphatic heterocycles. The van der Waals surface area contributed by atoms with Crippen LogP contribution in [0.15, 0.2) is 84.9 Å². The number of aromatic nitrogens is 1. The van der Waals surface area contributed by atoms with E-state index in [1.807, 2.05) is 66.7 Å². The maximum atomic E-state index is 11.2. The summed E-state index contributed by atoms with van der Waals surface area (Å²) in [5.74, 6) is 0.768. The van der Waals surface area contributed by atoms with E-state index in [0.29, 0.717) is 16.3 Å². The van der Waals surface area contributed by atoms with Crippen molar-refractivity contribution in [1.29, 1.82) is 0 Å². The molecule has 3 aromatic carbocycles. The Kier molecular flexibility index (Phi) is 5.46. The number of hydrogen-bond acceptors (Lipinski definition) is 4. The van der Waals surface area contributed by atoms with E-state index in [2.05, 4.69) is 0 Å². The number of methoxy groups -OCH3 is 1. The van der Waals surface area contributed by atoms with Gasteiger partial charge in [-0.25, -0.2) is 4.98 Å². The summed E-state index contributed by atoms with van der Waals surface area (Å²) < 4.78 is 5.25. The lowest BCUT2D eigenvalue weighted by atomic mass is 10.00. The number of nitro benzene ring substituents is 1. The van der Waals surface area contributed by atoms with Gasteiger partial charge in [0.05, 0.1) is 23.4 Å². The average Bonchev–Trinajstić information content (AvgIpc) is 2.79. The highest BCUT2D eigenvalue weighted by Gasteiger charge is 2.12. The van der Waals surface area contributed by atoms with Crippen molar-refractivity contribution in [2.24, 2.45) is 0 Å². The van der Waals surface area contributed by atoms with Crippen LogP contribution in [0.4, 0.5) is 5.69 Å². The summed E-state index contributed by atoms with van der Waals surface area (Å²) in [7, 11) is 1.63. The highest BCUT2D eigenvalue weighted by molar-refractivity contribution is 6.30. The second-order valence-corrected chi connectivity index (χ2v) is 7.11. The van der Waals surface area contributed by atoms with Crippen LogP contribution < -0.4 is 4.74 Å². The average molecular weight is 417 g/mol. The molecule has 0 saturated heterocycles. The minimum Gasteiger partial charge on any atom is -0.497 e. The van der Waals surface area contributed by atoms with Crippen molar-refractivity contribution in [2.75, 3.05) is 7.11 Å². The molecule has 6 heteroatoms. The number of nitrogens with zero attached hydrogens (tertiary/aromatic N) is 2. The summed E-state index contributed by atoms with van der Waals surface area (Å²) in [6, 6.07) is 25.6. The largest absolute Gasteiger partial charge is 0.497 e. The van der Waals surface area contributed by atoms with Gasteiger partial charge in [-0.3, -0.25) is 10.1 Å². The van der Waals surface area contributed by atoms with Gasteiger partial charge >= 0.3 is 0 Å². The molecule has 0 saturated carbocycles. The van der Waals surface area contributed by atoms with Gasteiger partial charge < -0.3 is 4.74 Å². The van der Waals surface area contributed by atoms with Crippen LogP contribution in [-0.2, 0) is 0 Å². The molecule has 0 unspecified atom stereocenters. The molecule has 148 valence electrons. The third-order valence-corrected chi connectivity index (χ3v) is 4.99. The van der Waals surface area contributed by atoms with E-state index < -0.39 is 4.92 Å². The first-order valence-corrected chi connectivity index (χ1v) is 9.58. The van der Waals surface area contributed by atoms with Gasteiger partial charge in [0.1, 0.15) is 5.75 Å². The number of halogens is 1. The van der Waals surface area contributed by atoms with Crippen molar-refractivity contribution in [3.05, 3.63) is 100 Å². The van der Waals surface area contributed by atoms with Gasteiger partial charge in [0, 0.05) is 28.3 Å². The third-order valence-electron chi connectivity index (χ3n) is 4.74. The van der Waals surface area contributed by atoms with E-state index in [4.69, 9.17) is 21.3 Å². The maximum Gasteiger partial charge on any atom is 0.270 e. The summed E-state index contributed by atoms with van der Waals surface area (Å²) in [5, 5.41) is 11.9. The molecular weight excluding hydrogens is 400 g/mol. The lowest BCUT2D eigenvalue weighted by Gasteiger charge is -2.11. The number of rotatable bonds is 5. The predicted octanol–water partition coefficient (Wildman–Crippen LogP) is 6.65. The summed E-state index contributed by atoms with van der Waals surface area (Å²) in [6.45, 7) is 0. The van der Waals surface area contributed by atoms with Crippen molar-refractivity contribution in [3.8, 4) is 39.4 Å². The van der Waals surface area contributed by atoms with Crippen LogP contribution in [0.25, 0.3) is 33.6 Å². The fourth-order valence-electron chi connectivity index (χ4n) is 3.18. The van der Waals surface area contributed by atoms with Crippen molar-refractivity contribution in [2.45, 2.75) is 0 Å². The SMILES string of the molecule is COc1ccc(-c2cc(-c3ccc(Cl)cc3)nc(-c3cccc([N+](=O)[O-])c3)c2)cc1. The van der Waals surface area contributed by atoms with Crippen molar-refractivity contribution in [3.63, 3.8) is 0 Å². The number of pyridine rings is 1. The monoisotopic (exact) mass is 416 g/mol. The molecule has 30 heavy (non-hydrogen) atoms. The van der Waals surface area contributed by atoms with Crippen LogP contribution in [0, 0.1) is 10.1 Å². The lowest BCUT2D eigenvalue weighted by Crippen LogP contribution is -1.93. The van der Waals surface area contributed by atoms with E-state index in [1.54, 1.807) is 13.2 Å². The van der Waals surface area contributed by atoms with E-state index in [0.717, 1.165) is 28.1 Å². The van der Waals surface area contributed by atoms with Gasteiger partial charge in [0.2, 0.25) is 0 Å². The van der Waals surface area contributed by atoms with Gasteiger partial charge in [-0.2, -0.15) is 0 Å². The molecular formula is C24H17ClN2O3. The Morgan fingerprint density at radius 3 is 2.07 bits per heavy atom. The normalized spacial score (nSPS) is 10.6. The summed E-state index contributed by atoms with van der Waals surface area (Å²) in [6.07, 6.45) is 0. The minimum absolute atomic E-state index is 0.0252. The molecule has 0 radical (unpaired) electrons. The van der Waals surface area contributed by atoms with E-state index >= 15 is 0 Å². The second-order valence-electron chi connectivity index (χ2n) is 6.67. The van der Waals surface area contributed by atoms with Gasteiger partial charge in [-0.1, -0.05) is 48.0 Å². The Balaban J connectivity index is 1.88. The molecule has 0 aliphatic rings. The molecule has 0 bridgehead atoms. The van der Waals surface area contributed by atoms with Gasteiger partial charge in [0.15, 0.2) is 0 Å². The first-order chi connectivity index (χ1) is 14.5. The minimum atomic E-state index is -0.406. The zero-order valence-electron chi connectivity index (χ0n) is 16.1. The van der Waals surface area contributed by atoms with Crippen molar-refractivity contribution in [1.82, 2.24) is 4.98 Å². The molecule has 1 heterocycles. The van der Waals surface area contributed by atoms with Crippen molar-refractivity contribution >= 4 is 17.3 Å².